The maximum Gasteiger partial charge on any atom is 0.184 e. The van der Waals surface area contributed by atoms with Crippen molar-refractivity contribution in [2.45, 2.75) is 58.9 Å². The number of rotatable bonds is 4. The largest absolute Gasteiger partial charge is 0.301 e. The van der Waals surface area contributed by atoms with Gasteiger partial charge >= 0.3 is 0 Å². The molecule has 0 unspecified atom stereocenters. The van der Waals surface area contributed by atoms with E-state index in [4.69, 9.17) is 26.9 Å². The van der Waals surface area contributed by atoms with Crippen LogP contribution >= 0.6 is 28.4 Å². The summed E-state index contributed by atoms with van der Waals surface area (Å²) in [4.78, 5) is 0. The van der Waals surface area contributed by atoms with E-state index >= 15 is 0 Å². The summed E-state index contributed by atoms with van der Waals surface area (Å²) in [5.74, 6) is -2.33. The highest BCUT2D eigenvalue weighted by atomic mass is 35.9. The first kappa shape index (κ1) is 18.4. The fourth-order valence-corrected chi connectivity index (χ4v) is 32.3. The van der Waals surface area contributed by atoms with E-state index in [1.165, 1.54) is 0 Å². The van der Waals surface area contributed by atoms with Crippen LogP contribution < -0.4 is 0 Å². The van der Waals surface area contributed by atoms with E-state index in [1.807, 2.05) is 0 Å². The van der Waals surface area contributed by atoms with Gasteiger partial charge in [0.15, 0.2) is 14.1 Å². The molecule has 0 aromatic rings. The second-order valence-electron chi connectivity index (χ2n) is 7.38. The van der Waals surface area contributed by atoms with Crippen molar-refractivity contribution in [1.82, 2.24) is 4.00 Å². The maximum absolute atomic E-state index is 6.70. The van der Waals surface area contributed by atoms with E-state index in [-0.39, 0.29) is 0 Å². The third-order valence-electron chi connectivity index (χ3n) is 1.93. The van der Waals surface area contributed by atoms with Crippen LogP contribution in [0.5, 0.6) is 0 Å². The predicted octanol–water partition coefficient (Wildman–Crippen LogP) is 6.22. The Bertz CT molecular complexity index is 309. The number of hydrogen-bond acceptors (Lipinski definition) is 1. The Morgan fingerprint density at radius 2 is 1.06 bits per heavy atom. The molecule has 0 bridgehead atoms. The van der Waals surface area contributed by atoms with E-state index in [2.05, 4.69) is 62.9 Å². The Balaban J connectivity index is 5.74. The SMILES string of the molecule is C[Si](C)(C)N=P(Cl)(Cl)N([Si](C)(C)C)[Si](C)(C)C. The highest BCUT2D eigenvalue weighted by Crippen LogP contribution is 2.67. The van der Waals surface area contributed by atoms with Gasteiger partial charge in [-0.25, -0.2) is 0 Å². The Kier molecular flexibility index (Phi) is 5.88. The molecule has 17 heavy (non-hydrogen) atoms. The van der Waals surface area contributed by atoms with Crippen LogP contribution in [0.1, 0.15) is 0 Å². The molecule has 0 aliphatic carbocycles. The van der Waals surface area contributed by atoms with E-state index in [0.29, 0.717) is 0 Å². The summed E-state index contributed by atoms with van der Waals surface area (Å²) in [5.41, 5.74) is 0. The Hall–Kier alpha value is 1.42. The van der Waals surface area contributed by atoms with E-state index in [0.717, 1.165) is 0 Å². The fourth-order valence-electron chi connectivity index (χ4n) is 2.13. The first-order valence-electron chi connectivity index (χ1n) is 5.91. The van der Waals surface area contributed by atoms with Crippen molar-refractivity contribution in [2.75, 3.05) is 0 Å². The zero-order valence-electron chi connectivity index (χ0n) is 12.6. The van der Waals surface area contributed by atoms with Gasteiger partial charge in [0, 0.05) is 0 Å². The predicted molar refractivity (Wildman–Crippen MR) is 92.9 cm³/mol. The molecule has 104 valence electrons. The zero-order valence-corrected chi connectivity index (χ0v) is 18.0. The summed E-state index contributed by atoms with van der Waals surface area (Å²) < 4.78 is 7.30. The molecule has 0 aliphatic heterocycles. The average Bonchev–Trinajstić information content (AvgIpc) is 1.66. The molecule has 0 saturated carbocycles. The minimum absolute atomic E-state index is 1.55. The molecule has 0 amide bonds. The minimum atomic E-state index is -2.33. The van der Waals surface area contributed by atoms with Gasteiger partial charge in [0.1, 0.15) is 16.5 Å². The van der Waals surface area contributed by atoms with Crippen LogP contribution in [0.2, 0.25) is 58.9 Å². The Morgan fingerprint density at radius 1 is 0.765 bits per heavy atom. The summed E-state index contributed by atoms with van der Waals surface area (Å²) in [6, 6.07) is 0. The normalized spacial score (nSPS) is 15.3. The van der Waals surface area contributed by atoms with Gasteiger partial charge in [-0.1, -0.05) is 39.3 Å². The Morgan fingerprint density at radius 3 is 1.24 bits per heavy atom. The van der Waals surface area contributed by atoms with Crippen LogP contribution in [-0.4, -0.2) is 28.7 Å². The van der Waals surface area contributed by atoms with Crippen molar-refractivity contribution in [2.24, 2.45) is 4.41 Å². The zero-order chi connectivity index (χ0) is 14.3. The van der Waals surface area contributed by atoms with E-state index in [1.54, 1.807) is 0 Å². The van der Waals surface area contributed by atoms with Gasteiger partial charge < -0.3 is 4.41 Å². The van der Waals surface area contributed by atoms with Crippen LogP contribution in [0, 0.1) is 0 Å². The standard InChI is InChI=1S/C9H27Cl2N2PSi3/c1-15(2,3)12-14(10,11)13(16(4,5)6)17(7,8)9/h1-9H3. The fraction of sp³-hybridized carbons (Fsp3) is 1.00. The smallest absolute Gasteiger partial charge is 0.184 e. The molecule has 0 atom stereocenters. The highest BCUT2D eigenvalue weighted by Gasteiger charge is 2.43. The summed E-state index contributed by atoms with van der Waals surface area (Å²) in [6.45, 7) is 20.4. The third-order valence-corrected chi connectivity index (χ3v) is 21.5. The molecule has 0 spiro atoms. The summed E-state index contributed by atoms with van der Waals surface area (Å²) in [6.07, 6.45) is 0. The van der Waals surface area contributed by atoms with Crippen LogP contribution in [0.25, 0.3) is 0 Å². The summed E-state index contributed by atoms with van der Waals surface area (Å²) in [7, 11) is -4.70. The van der Waals surface area contributed by atoms with Gasteiger partial charge in [0.2, 0.25) is 0 Å². The van der Waals surface area contributed by atoms with Crippen LogP contribution in [0.4, 0.5) is 0 Å². The van der Waals surface area contributed by atoms with Crippen LogP contribution in [-0.2, 0) is 0 Å². The molecule has 2 nitrogen and oxygen atoms in total. The molecular weight excluding hydrogens is 322 g/mol. The maximum atomic E-state index is 6.70. The third kappa shape index (κ3) is 6.41. The number of nitrogens with zero attached hydrogens (tertiary/aromatic N) is 2. The van der Waals surface area contributed by atoms with Crippen molar-refractivity contribution in [3.05, 3.63) is 0 Å². The molecule has 0 aromatic carbocycles. The summed E-state index contributed by atoms with van der Waals surface area (Å²) in [5, 5.41) is 0. The lowest BCUT2D eigenvalue weighted by Crippen LogP contribution is -2.55. The van der Waals surface area contributed by atoms with Gasteiger partial charge in [-0.2, -0.15) is 0 Å². The van der Waals surface area contributed by atoms with Gasteiger partial charge in [-0.05, 0) is 42.1 Å². The minimum Gasteiger partial charge on any atom is -0.301 e. The van der Waals surface area contributed by atoms with Crippen molar-refractivity contribution in [1.29, 1.82) is 0 Å². The van der Waals surface area contributed by atoms with Crippen molar-refractivity contribution in [3.8, 4) is 0 Å². The van der Waals surface area contributed by atoms with Crippen molar-refractivity contribution < 1.29 is 0 Å². The first-order valence-corrected chi connectivity index (χ1v) is 19.8. The molecule has 8 heteroatoms. The monoisotopic (exact) mass is 348 g/mol. The number of halogens is 2. The molecular formula is C9H27Cl2N2PSi3. The number of hydrogen-bond donors (Lipinski definition) is 0. The Labute approximate surface area is 120 Å². The van der Waals surface area contributed by atoms with E-state index in [9.17, 15) is 0 Å². The molecule has 0 radical (unpaired) electrons. The molecule has 0 heterocycles. The molecule has 0 aliphatic rings. The van der Waals surface area contributed by atoms with Gasteiger partial charge in [0.05, 0.1) is 0 Å². The molecule has 0 N–H and O–H groups in total. The second-order valence-corrected chi connectivity index (χ2v) is 28.0. The molecule has 0 saturated heterocycles. The lowest BCUT2D eigenvalue weighted by Gasteiger charge is -2.46. The molecule has 0 rings (SSSR count). The van der Waals surface area contributed by atoms with Gasteiger partial charge in [0.25, 0.3) is 0 Å². The van der Waals surface area contributed by atoms with Crippen molar-refractivity contribution in [3.63, 3.8) is 0 Å². The quantitative estimate of drug-likeness (QED) is 0.435. The van der Waals surface area contributed by atoms with Crippen LogP contribution in [0.3, 0.4) is 0 Å². The topological polar surface area (TPSA) is 15.6 Å². The highest BCUT2D eigenvalue weighted by molar-refractivity contribution is 8.10. The average molecular weight is 349 g/mol. The van der Waals surface area contributed by atoms with Gasteiger partial charge in [-0.15, -0.1) is 0 Å². The first-order chi connectivity index (χ1) is 7.07. The van der Waals surface area contributed by atoms with Crippen molar-refractivity contribution >= 4 is 53.1 Å². The van der Waals surface area contributed by atoms with Crippen LogP contribution in [0.15, 0.2) is 4.41 Å². The lowest BCUT2D eigenvalue weighted by atomic mass is 11.8. The van der Waals surface area contributed by atoms with E-state index < -0.39 is 30.6 Å². The lowest BCUT2D eigenvalue weighted by molar-refractivity contribution is 0.983. The summed E-state index contributed by atoms with van der Waals surface area (Å²) >= 11 is 13.4. The van der Waals surface area contributed by atoms with Gasteiger partial charge in [-0.3, -0.25) is 4.00 Å². The molecule has 0 fully saturated rings. The molecule has 0 aromatic heterocycles. The second kappa shape index (κ2) is 5.43.